The van der Waals surface area contributed by atoms with E-state index in [4.69, 9.17) is 17.3 Å². The van der Waals surface area contributed by atoms with Crippen molar-refractivity contribution in [3.05, 3.63) is 63.1 Å². The summed E-state index contributed by atoms with van der Waals surface area (Å²) in [6.07, 6.45) is 0.0769. The molecule has 0 atom stereocenters. The van der Waals surface area contributed by atoms with Crippen LogP contribution in [0.5, 0.6) is 0 Å². The SMILES string of the molecule is CN1CCN(c2ccc(Nc3nc(N)c(C(=O)c4ccc(Cl)c(N([O-])C=O)c4)s3)cc2)CC1. The summed E-state index contributed by atoms with van der Waals surface area (Å²) in [5, 5.41) is 15.4. The second kappa shape index (κ2) is 9.75. The first-order chi connectivity index (χ1) is 15.9. The average Bonchev–Trinajstić information content (AvgIpc) is 3.19. The van der Waals surface area contributed by atoms with E-state index in [0.29, 0.717) is 5.13 Å². The van der Waals surface area contributed by atoms with Gasteiger partial charge in [0.2, 0.25) is 12.2 Å². The fourth-order valence-corrected chi connectivity index (χ4v) is 4.57. The number of amides is 1. The summed E-state index contributed by atoms with van der Waals surface area (Å²) in [6.45, 7) is 4.04. The maximum Gasteiger partial charge on any atom is 0.206 e. The smallest absolute Gasteiger partial charge is 0.206 e. The lowest BCUT2D eigenvalue weighted by Gasteiger charge is -2.34. The molecular formula is C22H22ClN6O3S-. The van der Waals surface area contributed by atoms with Crippen molar-refractivity contribution in [2.24, 2.45) is 0 Å². The number of halogens is 1. The van der Waals surface area contributed by atoms with E-state index in [1.54, 1.807) is 0 Å². The van der Waals surface area contributed by atoms with Gasteiger partial charge >= 0.3 is 0 Å². The molecule has 0 bridgehead atoms. The quantitative estimate of drug-likeness (QED) is 0.296. The number of hydrogen-bond acceptors (Lipinski definition) is 9. The molecule has 2 aromatic carbocycles. The molecule has 0 saturated carbocycles. The lowest BCUT2D eigenvalue weighted by atomic mass is 10.1. The molecule has 3 N–H and O–H groups in total. The molecule has 1 amide bonds. The van der Waals surface area contributed by atoms with E-state index in [1.807, 2.05) is 24.3 Å². The highest BCUT2D eigenvalue weighted by Crippen LogP contribution is 2.32. The molecule has 33 heavy (non-hydrogen) atoms. The first-order valence-corrected chi connectivity index (χ1v) is 11.4. The number of anilines is 5. The first kappa shape index (κ1) is 23.0. The Labute approximate surface area is 199 Å². The molecule has 3 aromatic rings. The molecule has 1 fully saturated rings. The van der Waals surface area contributed by atoms with E-state index in [0.717, 1.165) is 48.9 Å². The van der Waals surface area contributed by atoms with E-state index >= 15 is 0 Å². The van der Waals surface area contributed by atoms with Gasteiger partial charge < -0.3 is 31.1 Å². The second-order valence-corrected chi connectivity index (χ2v) is 9.03. The maximum atomic E-state index is 13.0. The van der Waals surface area contributed by atoms with Crippen LogP contribution in [0.3, 0.4) is 0 Å². The van der Waals surface area contributed by atoms with Gasteiger partial charge in [-0.2, -0.15) is 0 Å². The van der Waals surface area contributed by atoms with Crippen LogP contribution in [-0.2, 0) is 4.79 Å². The van der Waals surface area contributed by atoms with Crippen molar-refractivity contribution in [3.8, 4) is 0 Å². The van der Waals surface area contributed by atoms with Crippen molar-refractivity contribution in [1.29, 1.82) is 0 Å². The van der Waals surface area contributed by atoms with Crippen LogP contribution in [0.1, 0.15) is 15.2 Å². The van der Waals surface area contributed by atoms with E-state index in [2.05, 4.69) is 27.1 Å². The zero-order valence-electron chi connectivity index (χ0n) is 17.8. The molecule has 1 saturated heterocycles. The van der Waals surface area contributed by atoms with Crippen LogP contribution in [0.4, 0.5) is 28.0 Å². The van der Waals surface area contributed by atoms with Crippen LogP contribution in [0.2, 0.25) is 5.02 Å². The Bertz CT molecular complexity index is 1160. The maximum absolute atomic E-state index is 13.0. The van der Waals surface area contributed by atoms with E-state index in [9.17, 15) is 14.8 Å². The number of thiazole rings is 1. The number of nitrogens with one attached hydrogen (secondary N) is 1. The minimum atomic E-state index is -0.416. The number of likely N-dealkylation sites (N-methyl/N-ethyl adjacent to an activating group) is 1. The standard InChI is InChI=1S/C22H22ClN6O3S/c1-27-8-10-28(11-9-27)16-5-3-15(4-6-16)25-22-26-21(24)20(33-22)19(31)14-2-7-17(23)18(12-14)29(32)13-30/h2-7,12-13H,8-11,24H2,1H3,(H,25,26)/q-1. The van der Waals surface area contributed by atoms with Crippen LogP contribution >= 0.6 is 22.9 Å². The Hall–Kier alpha value is -3.18. The number of piperazine rings is 1. The number of hydrogen-bond donors (Lipinski definition) is 2. The Morgan fingerprint density at radius 3 is 2.58 bits per heavy atom. The number of carbonyl (C=O) groups excluding carboxylic acids is 2. The minimum Gasteiger partial charge on any atom is -0.752 e. The van der Waals surface area contributed by atoms with Crippen molar-refractivity contribution in [3.63, 3.8) is 0 Å². The van der Waals surface area contributed by atoms with Crippen molar-refractivity contribution in [1.82, 2.24) is 9.88 Å². The summed E-state index contributed by atoms with van der Waals surface area (Å²) >= 11 is 7.06. The molecule has 0 unspecified atom stereocenters. The highest BCUT2D eigenvalue weighted by Gasteiger charge is 2.20. The molecule has 0 aliphatic carbocycles. The molecule has 0 spiro atoms. The number of benzene rings is 2. The van der Waals surface area contributed by atoms with Gasteiger partial charge in [0.25, 0.3) is 0 Å². The fourth-order valence-electron chi connectivity index (χ4n) is 3.50. The van der Waals surface area contributed by atoms with Gasteiger partial charge in [-0.05, 0) is 49.5 Å². The number of aromatic nitrogens is 1. The molecule has 9 nitrogen and oxygen atoms in total. The number of nitrogen functional groups attached to an aromatic ring is 1. The van der Waals surface area contributed by atoms with Crippen molar-refractivity contribution in [2.75, 3.05) is 54.2 Å². The molecular weight excluding hydrogens is 464 g/mol. The number of hydroxylamine groups is 1. The van der Waals surface area contributed by atoms with Crippen LogP contribution in [0.15, 0.2) is 42.5 Å². The van der Waals surface area contributed by atoms with Crippen LogP contribution < -0.4 is 21.0 Å². The molecule has 1 aromatic heterocycles. The van der Waals surface area contributed by atoms with Gasteiger partial charge in [-0.25, -0.2) is 4.98 Å². The lowest BCUT2D eigenvalue weighted by molar-refractivity contribution is -0.106. The lowest BCUT2D eigenvalue weighted by Crippen LogP contribution is -2.44. The molecule has 0 radical (unpaired) electrons. The van der Waals surface area contributed by atoms with Crippen molar-refractivity contribution < 1.29 is 9.59 Å². The second-order valence-electron chi connectivity index (χ2n) is 7.62. The van der Waals surface area contributed by atoms with Crippen LogP contribution in [-0.4, -0.2) is 55.3 Å². The Morgan fingerprint density at radius 1 is 1.21 bits per heavy atom. The fraction of sp³-hybridized carbons (Fsp3) is 0.227. The first-order valence-electron chi connectivity index (χ1n) is 10.2. The Balaban J connectivity index is 1.48. The van der Waals surface area contributed by atoms with Crippen LogP contribution in [0, 0.1) is 5.21 Å². The predicted octanol–water partition coefficient (Wildman–Crippen LogP) is 3.57. The third-order valence-corrected chi connectivity index (χ3v) is 6.69. The molecule has 2 heterocycles. The van der Waals surface area contributed by atoms with Gasteiger partial charge in [-0.1, -0.05) is 22.9 Å². The summed E-state index contributed by atoms with van der Waals surface area (Å²) in [6, 6.07) is 12.1. The number of rotatable bonds is 7. The Kier molecular flexibility index (Phi) is 6.80. The Morgan fingerprint density at radius 2 is 1.91 bits per heavy atom. The third-order valence-electron chi connectivity index (χ3n) is 5.39. The molecule has 1 aliphatic heterocycles. The van der Waals surface area contributed by atoms with Gasteiger partial charge in [-0.3, -0.25) is 9.59 Å². The number of nitrogens with two attached hydrogens (primary N) is 1. The van der Waals surface area contributed by atoms with Gasteiger partial charge in [0.1, 0.15) is 10.7 Å². The largest absolute Gasteiger partial charge is 0.752 e. The minimum absolute atomic E-state index is 0.0632. The van der Waals surface area contributed by atoms with E-state index in [-0.39, 0.29) is 38.4 Å². The van der Waals surface area contributed by atoms with E-state index in [1.165, 1.54) is 18.2 Å². The van der Waals surface area contributed by atoms with Gasteiger partial charge in [0.15, 0.2) is 5.13 Å². The molecule has 1 aliphatic rings. The predicted molar refractivity (Wildman–Crippen MR) is 133 cm³/mol. The van der Waals surface area contributed by atoms with Crippen molar-refractivity contribution >= 4 is 63.1 Å². The van der Waals surface area contributed by atoms with Gasteiger partial charge in [-0.15, -0.1) is 0 Å². The monoisotopic (exact) mass is 485 g/mol. The summed E-state index contributed by atoms with van der Waals surface area (Å²) in [7, 11) is 2.12. The highest BCUT2D eigenvalue weighted by atomic mass is 35.5. The molecule has 172 valence electrons. The van der Waals surface area contributed by atoms with Gasteiger partial charge in [0.05, 0.1) is 10.7 Å². The summed E-state index contributed by atoms with van der Waals surface area (Å²) in [5.41, 5.74) is 8.04. The summed E-state index contributed by atoms with van der Waals surface area (Å²) in [5.74, 6) is -0.340. The number of carbonyl (C=O) groups is 2. The topological polar surface area (TPSA) is 118 Å². The zero-order valence-corrected chi connectivity index (χ0v) is 19.4. The van der Waals surface area contributed by atoms with Crippen LogP contribution in [0.25, 0.3) is 0 Å². The number of ketones is 1. The number of nitrogens with zero attached hydrogens (tertiary/aromatic N) is 4. The zero-order chi connectivity index (χ0) is 23.5. The third kappa shape index (κ3) is 5.09. The van der Waals surface area contributed by atoms with Crippen molar-refractivity contribution in [2.45, 2.75) is 0 Å². The molecule has 11 heteroatoms. The molecule has 4 rings (SSSR count). The highest BCUT2D eigenvalue weighted by molar-refractivity contribution is 7.18. The van der Waals surface area contributed by atoms with Gasteiger partial charge in [0, 0.05) is 43.1 Å². The normalized spacial score (nSPS) is 14.2. The summed E-state index contributed by atoms with van der Waals surface area (Å²) in [4.78, 5) is 32.9. The average molecular weight is 486 g/mol. The van der Waals surface area contributed by atoms with E-state index < -0.39 is 5.78 Å². The summed E-state index contributed by atoms with van der Waals surface area (Å²) < 4.78 is 0.